The first-order valence-corrected chi connectivity index (χ1v) is 14.4. The van der Waals surface area contributed by atoms with Crippen LogP contribution in [0.1, 0.15) is 72.6 Å². The minimum Gasteiger partial charge on any atom is -0.399 e. The Bertz CT molecular complexity index is 1430. The highest BCUT2D eigenvalue weighted by Crippen LogP contribution is 2.40. The van der Waals surface area contributed by atoms with Crippen molar-refractivity contribution in [3.63, 3.8) is 0 Å². The van der Waals surface area contributed by atoms with Crippen LogP contribution in [-0.4, -0.2) is 58.9 Å². The molecule has 2 aliphatic rings. The molecule has 1 aliphatic heterocycles. The number of nitrogens with zero attached hydrogens (tertiary/aromatic N) is 4. The molecular formula is C31H39F3N6O. The number of hydrogen-bond donors (Lipinski definition) is 2. The standard InChI is InChI=1S/C31H39F3N6O/c1-18-13-24(21-5-7-22(8-6-21)30(41)40-11-9-39(4)10-12-40)16-27-28(18)37-20(3)38-29(27)36-19(2)23-14-25(31(32,33)34)17-26(35)15-23/h13-17,19,21-22H,5-12,35H2,1-4H3,(H,36,37,38)/t19-,21-,22-/m1/s1. The van der Waals surface area contributed by atoms with Gasteiger partial charge in [-0.25, -0.2) is 9.97 Å². The number of halogens is 3. The lowest BCUT2D eigenvalue weighted by molar-refractivity contribution is -0.138. The molecule has 2 heterocycles. The molecule has 1 atom stereocenters. The first-order chi connectivity index (χ1) is 19.4. The van der Waals surface area contributed by atoms with Gasteiger partial charge in [0.25, 0.3) is 0 Å². The van der Waals surface area contributed by atoms with E-state index in [-0.39, 0.29) is 11.6 Å². The lowest BCUT2D eigenvalue weighted by atomic mass is 9.77. The van der Waals surface area contributed by atoms with Crippen LogP contribution in [0.25, 0.3) is 10.9 Å². The second-order valence-corrected chi connectivity index (χ2v) is 11.8. The van der Waals surface area contributed by atoms with E-state index in [1.54, 1.807) is 13.0 Å². The Balaban J connectivity index is 1.36. The maximum absolute atomic E-state index is 13.4. The Labute approximate surface area is 239 Å². The fourth-order valence-electron chi connectivity index (χ4n) is 6.23. The average molecular weight is 569 g/mol. The van der Waals surface area contributed by atoms with Crippen molar-refractivity contribution in [1.29, 1.82) is 0 Å². The Hall–Kier alpha value is -3.40. The maximum Gasteiger partial charge on any atom is 0.416 e. The molecule has 2 aromatic carbocycles. The van der Waals surface area contributed by atoms with Crippen LogP contribution in [0.5, 0.6) is 0 Å². The van der Waals surface area contributed by atoms with E-state index in [1.165, 1.54) is 5.56 Å². The summed E-state index contributed by atoms with van der Waals surface area (Å²) in [4.78, 5) is 26.8. The zero-order chi connectivity index (χ0) is 29.5. The van der Waals surface area contributed by atoms with Crippen molar-refractivity contribution in [2.75, 3.05) is 44.3 Å². The fourth-order valence-corrected chi connectivity index (χ4v) is 6.23. The van der Waals surface area contributed by atoms with E-state index in [0.717, 1.165) is 80.5 Å². The number of anilines is 2. The summed E-state index contributed by atoms with van der Waals surface area (Å²) in [5.74, 6) is 1.87. The Morgan fingerprint density at radius 1 is 1.00 bits per heavy atom. The number of hydrogen-bond acceptors (Lipinski definition) is 6. The van der Waals surface area contributed by atoms with Gasteiger partial charge in [-0.3, -0.25) is 4.79 Å². The number of amides is 1. The van der Waals surface area contributed by atoms with Crippen molar-refractivity contribution in [2.24, 2.45) is 5.92 Å². The number of aryl methyl sites for hydroxylation is 2. The quantitative estimate of drug-likeness (QED) is 0.364. The third-order valence-corrected chi connectivity index (χ3v) is 8.65. The molecule has 1 amide bonds. The minimum atomic E-state index is -4.48. The first-order valence-electron chi connectivity index (χ1n) is 14.4. The number of likely N-dealkylation sites (N-methyl/N-ethyl adjacent to an activating group) is 1. The van der Waals surface area contributed by atoms with Crippen molar-refractivity contribution < 1.29 is 18.0 Å². The van der Waals surface area contributed by atoms with E-state index in [2.05, 4.69) is 39.4 Å². The van der Waals surface area contributed by atoms with Crippen molar-refractivity contribution in [3.8, 4) is 0 Å². The number of nitrogen functional groups attached to an aromatic ring is 1. The topological polar surface area (TPSA) is 87.4 Å². The largest absolute Gasteiger partial charge is 0.416 e. The number of rotatable bonds is 5. The average Bonchev–Trinajstić information content (AvgIpc) is 2.93. The zero-order valence-electron chi connectivity index (χ0n) is 24.2. The second kappa shape index (κ2) is 11.5. The van der Waals surface area contributed by atoms with Gasteiger partial charge in [-0.2, -0.15) is 13.2 Å². The SMILES string of the molecule is Cc1nc(N[C@H](C)c2cc(N)cc(C(F)(F)F)c2)c2cc([C@H]3CC[C@H](C(=O)N4CCN(C)CC4)CC3)cc(C)c2n1. The number of aromatic nitrogens is 2. The highest BCUT2D eigenvalue weighted by atomic mass is 19.4. The number of piperazine rings is 1. The Morgan fingerprint density at radius 3 is 2.34 bits per heavy atom. The van der Waals surface area contributed by atoms with Gasteiger partial charge in [0.05, 0.1) is 17.1 Å². The van der Waals surface area contributed by atoms with Crippen LogP contribution in [-0.2, 0) is 11.0 Å². The van der Waals surface area contributed by atoms with E-state index in [1.807, 2.05) is 18.7 Å². The summed E-state index contributed by atoms with van der Waals surface area (Å²) in [6, 6.07) is 7.46. The number of carbonyl (C=O) groups is 1. The third kappa shape index (κ3) is 6.42. The van der Waals surface area contributed by atoms with Crippen LogP contribution < -0.4 is 11.1 Å². The number of fused-ring (bicyclic) bond motifs is 1. The molecular weight excluding hydrogens is 529 g/mol. The van der Waals surface area contributed by atoms with Crippen LogP contribution in [0, 0.1) is 19.8 Å². The molecule has 1 saturated heterocycles. The number of nitrogens with two attached hydrogens (primary N) is 1. The molecule has 1 saturated carbocycles. The molecule has 0 bridgehead atoms. The minimum absolute atomic E-state index is 0.0621. The van der Waals surface area contributed by atoms with Gasteiger partial charge in [-0.15, -0.1) is 0 Å². The highest BCUT2D eigenvalue weighted by molar-refractivity contribution is 5.92. The van der Waals surface area contributed by atoms with Gasteiger partial charge >= 0.3 is 6.18 Å². The Morgan fingerprint density at radius 2 is 1.68 bits per heavy atom. The van der Waals surface area contributed by atoms with Crippen molar-refractivity contribution in [3.05, 3.63) is 58.4 Å². The van der Waals surface area contributed by atoms with Crippen LogP contribution in [0.4, 0.5) is 24.7 Å². The zero-order valence-corrected chi connectivity index (χ0v) is 24.2. The summed E-state index contributed by atoms with van der Waals surface area (Å²) >= 11 is 0. The molecule has 0 spiro atoms. The normalized spacial score (nSPS) is 21.2. The molecule has 2 fully saturated rings. The molecule has 10 heteroatoms. The predicted octanol–water partition coefficient (Wildman–Crippen LogP) is 6.07. The smallest absolute Gasteiger partial charge is 0.399 e. The van der Waals surface area contributed by atoms with Crippen LogP contribution >= 0.6 is 0 Å². The second-order valence-electron chi connectivity index (χ2n) is 11.8. The monoisotopic (exact) mass is 568 g/mol. The van der Waals surface area contributed by atoms with Crippen molar-refractivity contribution in [1.82, 2.24) is 19.8 Å². The van der Waals surface area contributed by atoms with E-state index < -0.39 is 17.8 Å². The molecule has 0 unspecified atom stereocenters. The molecule has 3 aromatic rings. The summed E-state index contributed by atoms with van der Waals surface area (Å²) in [6.45, 7) is 9.10. The van der Waals surface area contributed by atoms with E-state index >= 15 is 0 Å². The van der Waals surface area contributed by atoms with E-state index in [4.69, 9.17) is 5.73 Å². The maximum atomic E-state index is 13.4. The van der Waals surface area contributed by atoms with Crippen LogP contribution in [0.3, 0.4) is 0 Å². The van der Waals surface area contributed by atoms with Gasteiger partial charge < -0.3 is 20.9 Å². The van der Waals surface area contributed by atoms with Gasteiger partial charge in [-0.05, 0) is 100 Å². The van der Waals surface area contributed by atoms with Crippen LogP contribution in [0.15, 0.2) is 30.3 Å². The lowest BCUT2D eigenvalue weighted by Crippen LogP contribution is -2.49. The number of carbonyl (C=O) groups excluding carboxylic acids is 1. The van der Waals surface area contributed by atoms with E-state index in [9.17, 15) is 18.0 Å². The number of alkyl halides is 3. The number of benzene rings is 2. The summed E-state index contributed by atoms with van der Waals surface area (Å²) in [5.41, 5.74) is 8.57. The highest BCUT2D eigenvalue weighted by Gasteiger charge is 2.33. The molecule has 1 aromatic heterocycles. The Kier molecular flexibility index (Phi) is 8.14. The summed E-state index contributed by atoms with van der Waals surface area (Å²) < 4.78 is 40.3. The first kappa shape index (κ1) is 29.1. The molecule has 0 radical (unpaired) electrons. The van der Waals surface area contributed by atoms with E-state index in [0.29, 0.717) is 29.0 Å². The van der Waals surface area contributed by atoms with Gasteiger partial charge in [0, 0.05) is 43.2 Å². The molecule has 41 heavy (non-hydrogen) atoms. The van der Waals surface area contributed by atoms with Gasteiger partial charge in [0.1, 0.15) is 11.6 Å². The molecule has 1 aliphatic carbocycles. The van der Waals surface area contributed by atoms with Gasteiger partial charge in [-0.1, -0.05) is 6.07 Å². The molecule has 7 nitrogen and oxygen atoms in total. The lowest BCUT2D eigenvalue weighted by Gasteiger charge is -2.36. The summed E-state index contributed by atoms with van der Waals surface area (Å²) in [5, 5.41) is 4.18. The molecule has 3 N–H and O–H groups in total. The fraction of sp³-hybridized carbons (Fsp3) is 0.516. The number of nitrogens with one attached hydrogen (secondary N) is 1. The summed E-state index contributed by atoms with van der Waals surface area (Å²) in [7, 11) is 2.09. The van der Waals surface area contributed by atoms with Crippen LogP contribution in [0.2, 0.25) is 0 Å². The third-order valence-electron chi connectivity index (χ3n) is 8.65. The molecule has 220 valence electrons. The molecule has 5 rings (SSSR count). The predicted molar refractivity (Wildman–Crippen MR) is 156 cm³/mol. The van der Waals surface area contributed by atoms with Gasteiger partial charge in [0.15, 0.2) is 0 Å². The van der Waals surface area contributed by atoms with Crippen molar-refractivity contribution >= 4 is 28.3 Å². The van der Waals surface area contributed by atoms with Crippen molar-refractivity contribution in [2.45, 2.75) is 64.6 Å². The summed E-state index contributed by atoms with van der Waals surface area (Å²) in [6.07, 6.45) is -0.871. The van der Waals surface area contributed by atoms with Gasteiger partial charge in [0.2, 0.25) is 5.91 Å².